The van der Waals surface area contributed by atoms with Crippen molar-refractivity contribution in [3.63, 3.8) is 0 Å². The lowest BCUT2D eigenvalue weighted by Crippen LogP contribution is -2.37. The van der Waals surface area contributed by atoms with Crippen LogP contribution in [0.15, 0.2) is 84.0 Å². The number of sulfonamides is 1. The van der Waals surface area contributed by atoms with E-state index < -0.39 is 15.9 Å². The molecule has 0 saturated heterocycles. The van der Waals surface area contributed by atoms with E-state index in [-0.39, 0.29) is 16.1 Å². The Morgan fingerprint density at radius 1 is 0.880 bits per heavy atom. The number of carbonyl (C=O) groups excluding carboxylic acids is 1. The molecule has 5 nitrogen and oxygen atoms in total. The Labute approximate surface area is 146 Å². The van der Waals surface area contributed by atoms with Crippen molar-refractivity contribution in [2.45, 2.75) is 11.8 Å². The first kappa shape index (κ1) is 16.9. The van der Waals surface area contributed by atoms with Gasteiger partial charge < -0.3 is 0 Å². The maximum atomic E-state index is 13.1. The number of nitrogens with zero attached hydrogens (tertiary/aromatic N) is 2. The molecule has 6 heteroatoms. The molecule has 0 radical (unpaired) electrons. The fraction of sp³-hybridized carbons (Fsp3) is 0.0526. The van der Waals surface area contributed by atoms with Crippen LogP contribution in [-0.4, -0.2) is 19.3 Å². The molecule has 0 saturated carbocycles. The van der Waals surface area contributed by atoms with Gasteiger partial charge in [0.05, 0.1) is 10.6 Å². The molecule has 0 atom stereocenters. The molecule has 3 rings (SSSR count). The van der Waals surface area contributed by atoms with E-state index in [0.29, 0.717) is 0 Å². The van der Waals surface area contributed by atoms with Crippen LogP contribution in [0.2, 0.25) is 0 Å². The maximum absolute atomic E-state index is 13.1. The van der Waals surface area contributed by atoms with Crippen LogP contribution in [0.25, 0.3) is 0 Å². The highest BCUT2D eigenvalue weighted by Gasteiger charge is 2.31. The number of carbonyl (C=O) groups is 1. The van der Waals surface area contributed by atoms with Gasteiger partial charge in [-0.3, -0.25) is 9.78 Å². The quantitative estimate of drug-likeness (QED) is 0.721. The van der Waals surface area contributed by atoms with Gasteiger partial charge in [-0.05, 0) is 43.3 Å². The minimum Gasteiger partial charge on any atom is -0.268 e. The van der Waals surface area contributed by atoms with Crippen molar-refractivity contribution in [3.05, 3.63) is 90.3 Å². The Morgan fingerprint density at radius 3 is 2.08 bits per heavy atom. The van der Waals surface area contributed by atoms with Gasteiger partial charge in [-0.15, -0.1) is 0 Å². The highest BCUT2D eigenvalue weighted by molar-refractivity contribution is 7.93. The van der Waals surface area contributed by atoms with Crippen LogP contribution in [0.1, 0.15) is 15.9 Å². The van der Waals surface area contributed by atoms with E-state index in [1.165, 1.54) is 36.7 Å². The zero-order chi connectivity index (χ0) is 17.9. The molecular formula is C19H16N2O3S. The van der Waals surface area contributed by atoms with Crippen molar-refractivity contribution in [2.24, 2.45) is 0 Å². The molecule has 126 valence electrons. The average molecular weight is 352 g/mol. The minimum atomic E-state index is -4.05. The zero-order valence-corrected chi connectivity index (χ0v) is 14.3. The molecule has 1 amide bonds. The Balaban J connectivity index is 2.15. The SMILES string of the molecule is Cc1ccc(S(=O)(=O)N(C(=O)c2ccncc2)c2ccccc2)cc1. The van der Waals surface area contributed by atoms with Crippen LogP contribution >= 0.6 is 0 Å². The molecule has 0 aliphatic carbocycles. The van der Waals surface area contributed by atoms with Crippen molar-refractivity contribution in [1.82, 2.24) is 4.98 Å². The molecule has 0 spiro atoms. The lowest BCUT2D eigenvalue weighted by molar-refractivity contribution is 0.101. The van der Waals surface area contributed by atoms with E-state index in [4.69, 9.17) is 0 Å². The molecule has 0 unspecified atom stereocenters. The van der Waals surface area contributed by atoms with Crippen molar-refractivity contribution in [2.75, 3.05) is 4.31 Å². The van der Waals surface area contributed by atoms with Crippen molar-refractivity contribution in [1.29, 1.82) is 0 Å². The van der Waals surface area contributed by atoms with Gasteiger partial charge >= 0.3 is 0 Å². The number of aromatic nitrogens is 1. The van der Waals surface area contributed by atoms with Gasteiger partial charge in [-0.25, -0.2) is 8.42 Å². The summed E-state index contributed by atoms with van der Waals surface area (Å²) < 4.78 is 27.1. The monoisotopic (exact) mass is 352 g/mol. The Morgan fingerprint density at radius 2 is 1.48 bits per heavy atom. The van der Waals surface area contributed by atoms with Crippen molar-refractivity contribution in [3.8, 4) is 0 Å². The van der Waals surface area contributed by atoms with E-state index in [2.05, 4.69) is 4.98 Å². The lowest BCUT2D eigenvalue weighted by atomic mass is 10.2. The highest BCUT2D eigenvalue weighted by Crippen LogP contribution is 2.25. The van der Waals surface area contributed by atoms with Gasteiger partial charge in [0.2, 0.25) is 0 Å². The summed E-state index contributed by atoms with van der Waals surface area (Å²) in [6, 6.07) is 17.7. The van der Waals surface area contributed by atoms with Crippen LogP contribution < -0.4 is 4.31 Å². The molecule has 0 N–H and O–H groups in total. The maximum Gasteiger partial charge on any atom is 0.272 e. The molecular weight excluding hydrogens is 336 g/mol. The van der Waals surface area contributed by atoms with E-state index in [1.54, 1.807) is 42.5 Å². The normalized spacial score (nSPS) is 11.1. The smallest absolute Gasteiger partial charge is 0.268 e. The van der Waals surface area contributed by atoms with Gasteiger partial charge in [-0.2, -0.15) is 4.31 Å². The summed E-state index contributed by atoms with van der Waals surface area (Å²) in [4.78, 5) is 16.9. The van der Waals surface area contributed by atoms with Gasteiger partial charge in [0.15, 0.2) is 0 Å². The van der Waals surface area contributed by atoms with Crippen LogP contribution in [0.4, 0.5) is 5.69 Å². The molecule has 2 aromatic carbocycles. The van der Waals surface area contributed by atoms with Gasteiger partial charge in [0.1, 0.15) is 0 Å². The summed E-state index contributed by atoms with van der Waals surface area (Å²) >= 11 is 0. The number of pyridine rings is 1. The van der Waals surface area contributed by atoms with Crippen LogP contribution in [0, 0.1) is 6.92 Å². The van der Waals surface area contributed by atoms with Crippen LogP contribution in [0.3, 0.4) is 0 Å². The summed E-state index contributed by atoms with van der Waals surface area (Å²) in [7, 11) is -4.05. The van der Waals surface area contributed by atoms with E-state index in [9.17, 15) is 13.2 Å². The summed E-state index contributed by atoms with van der Waals surface area (Å²) in [5, 5.41) is 0. The number of amides is 1. The van der Waals surface area contributed by atoms with Crippen LogP contribution in [0.5, 0.6) is 0 Å². The molecule has 0 aliphatic rings. The molecule has 3 aromatic rings. The first-order valence-electron chi connectivity index (χ1n) is 7.61. The van der Waals surface area contributed by atoms with Gasteiger partial charge in [0.25, 0.3) is 15.9 Å². The number of hydrogen-bond acceptors (Lipinski definition) is 4. The third kappa shape index (κ3) is 3.44. The molecule has 1 aromatic heterocycles. The molecule has 0 bridgehead atoms. The third-order valence-corrected chi connectivity index (χ3v) is 5.39. The second-order valence-electron chi connectivity index (χ2n) is 5.46. The summed E-state index contributed by atoms with van der Waals surface area (Å²) in [5.74, 6) is -0.630. The van der Waals surface area contributed by atoms with Gasteiger partial charge in [0, 0.05) is 18.0 Å². The predicted octanol–water partition coefficient (Wildman–Crippen LogP) is 3.43. The summed E-state index contributed by atoms with van der Waals surface area (Å²) in [6.45, 7) is 1.87. The Hall–Kier alpha value is -2.99. The highest BCUT2D eigenvalue weighted by atomic mass is 32.2. The first-order valence-corrected chi connectivity index (χ1v) is 9.05. The Bertz CT molecular complexity index is 970. The average Bonchev–Trinajstić information content (AvgIpc) is 2.63. The minimum absolute atomic E-state index is 0.0596. The van der Waals surface area contributed by atoms with E-state index in [1.807, 2.05) is 6.92 Å². The predicted molar refractivity (Wildman–Crippen MR) is 95.9 cm³/mol. The molecule has 25 heavy (non-hydrogen) atoms. The van der Waals surface area contributed by atoms with E-state index >= 15 is 0 Å². The third-order valence-electron chi connectivity index (χ3n) is 3.66. The summed E-state index contributed by atoms with van der Waals surface area (Å²) in [6.07, 6.45) is 2.91. The molecule has 0 aliphatic heterocycles. The molecule has 0 fully saturated rings. The number of benzene rings is 2. The molecule has 1 heterocycles. The van der Waals surface area contributed by atoms with E-state index in [0.717, 1.165) is 9.87 Å². The first-order chi connectivity index (χ1) is 12.0. The van der Waals surface area contributed by atoms with Crippen LogP contribution in [-0.2, 0) is 10.0 Å². The fourth-order valence-corrected chi connectivity index (χ4v) is 3.77. The number of anilines is 1. The number of aryl methyl sites for hydroxylation is 1. The summed E-state index contributed by atoms with van der Waals surface area (Å²) in [5.41, 5.74) is 1.46. The zero-order valence-electron chi connectivity index (χ0n) is 13.5. The van der Waals surface area contributed by atoms with Gasteiger partial charge in [-0.1, -0.05) is 35.9 Å². The lowest BCUT2D eigenvalue weighted by Gasteiger charge is -2.22. The Kier molecular flexibility index (Phi) is 4.63. The second-order valence-corrected chi connectivity index (χ2v) is 7.25. The standard InChI is InChI=1S/C19H16N2O3S/c1-15-7-9-18(10-8-15)25(23,24)21(17-5-3-2-4-6-17)19(22)16-11-13-20-14-12-16/h2-14H,1H3. The fourth-order valence-electron chi connectivity index (χ4n) is 2.36. The topological polar surface area (TPSA) is 67.3 Å². The number of hydrogen-bond donors (Lipinski definition) is 0. The van der Waals surface area contributed by atoms with Crippen molar-refractivity contribution < 1.29 is 13.2 Å². The largest absolute Gasteiger partial charge is 0.272 e. The number of rotatable bonds is 4. The van der Waals surface area contributed by atoms with Crippen molar-refractivity contribution >= 4 is 21.6 Å². The second kappa shape index (κ2) is 6.86. The number of para-hydroxylation sites is 1.